The number of hydrogen-bond acceptors (Lipinski definition) is 3. The molecule has 1 aromatic rings. The van der Waals surface area contributed by atoms with Gasteiger partial charge in [-0.25, -0.2) is 0 Å². The monoisotopic (exact) mass is 152 g/mol. The van der Waals surface area contributed by atoms with E-state index in [-0.39, 0.29) is 0 Å². The minimum atomic E-state index is 0.337. The van der Waals surface area contributed by atoms with Crippen LogP contribution in [0.2, 0.25) is 0 Å². The Labute approximate surface area is 65.8 Å². The van der Waals surface area contributed by atoms with Crippen LogP contribution in [-0.4, -0.2) is 5.11 Å². The smallest absolute Gasteiger partial charge is 0.121 e. The fourth-order valence-corrected chi connectivity index (χ4v) is 1.04. The average Bonchev–Trinajstić information content (AvgIpc) is 1.99. The van der Waals surface area contributed by atoms with Crippen molar-refractivity contribution in [2.24, 2.45) is 5.84 Å². The Morgan fingerprint density at radius 3 is 2.09 bits per heavy atom. The summed E-state index contributed by atoms with van der Waals surface area (Å²) >= 11 is 0. The molecule has 0 atom stereocenters. The quantitative estimate of drug-likeness (QED) is 0.323. The predicted octanol–water partition coefficient (Wildman–Crippen LogP) is 1.29. The van der Waals surface area contributed by atoms with Crippen LogP contribution in [0.4, 0.5) is 5.69 Å². The van der Waals surface area contributed by atoms with Crippen LogP contribution in [0, 0.1) is 13.8 Å². The second kappa shape index (κ2) is 2.80. The van der Waals surface area contributed by atoms with Crippen LogP contribution in [-0.2, 0) is 0 Å². The lowest BCUT2D eigenvalue weighted by Gasteiger charge is -2.06. The van der Waals surface area contributed by atoms with Crippen LogP contribution in [0.25, 0.3) is 0 Å². The molecule has 3 nitrogen and oxygen atoms in total. The van der Waals surface area contributed by atoms with Gasteiger partial charge >= 0.3 is 0 Å². The molecule has 0 saturated heterocycles. The summed E-state index contributed by atoms with van der Waals surface area (Å²) < 4.78 is 0. The zero-order valence-corrected chi connectivity index (χ0v) is 6.68. The van der Waals surface area contributed by atoms with Crippen molar-refractivity contribution in [3.63, 3.8) is 0 Å². The minimum Gasteiger partial charge on any atom is -0.507 e. The lowest BCUT2D eigenvalue weighted by atomic mass is 10.1. The van der Waals surface area contributed by atoms with Gasteiger partial charge in [-0.05, 0) is 37.1 Å². The number of hydrogen-bond donors (Lipinski definition) is 3. The van der Waals surface area contributed by atoms with E-state index < -0.39 is 0 Å². The van der Waals surface area contributed by atoms with Gasteiger partial charge in [-0.2, -0.15) is 0 Å². The molecule has 0 aliphatic heterocycles. The van der Waals surface area contributed by atoms with Crippen LogP contribution in [0.15, 0.2) is 12.1 Å². The summed E-state index contributed by atoms with van der Waals surface area (Å²) in [5, 5.41) is 9.36. The molecule has 1 rings (SSSR count). The summed E-state index contributed by atoms with van der Waals surface area (Å²) in [6.45, 7) is 3.67. The molecule has 1 aromatic carbocycles. The Hall–Kier alpha value is -1.22. The largest absolute Gasteiger partial charge is 0.507 e. The van der Waals surface area contributed by atoms with Gasteiger partial charge in [-0.3, -0.25) is 5.84 Å². The number of hydrazine groups is 1. The van der Waals surface area contributed by atoms with Crippen molar-refractivity contribution < 1.29 is 5.11 Å². The predicted molar refractivity (Wildman–Crippen MR) is 45.4 cm³/mol. The molecule has 0 unspecified atom stereocenters. The highest BCUT2D eigenvalue weighted by Crippen LogP contribution is 2.24. The maximum absolute atomic E-state index is 9.36. The number of aryl methyl sites for hydroxylation is 2. The molecule has 4 N–H and O–H groups in total. The fraction of sp³-hybridized carbons (Fsp3) is 0.250. The number of phenolic OH excluding ortho intramolecular Hbond substituents is 1. The molecule has 0 aromatic heterocycles. The molecule has 0 bridgehead atoms. The lowest BCUT2D eigenvalue weighted by molar-refractivity contribution is 0.467. The molecule has 0 amide bonds. The van der Waals surface area contributed by atoms with E-state index in [0.29, 0.717) is 5.75 Å². The number of benzene rings is 1. The third-order valence-corrected chi connectivity index (χ3v) is 1.66. The number of nitrogens with two attached hydrogens (primary N) is 1. The standard InChI is InChI=1S/C8H12N2O/c1-5-3-7(10-9)4-6(2)8(5)11/h3-4,10-11H,9H2,1-2H3. The van der Waals surface area contributed by atoms with Crippen molar-refractivity contribution in [3.05, 3.63) is 23.3 Å². The van der Waals surface area contributed by atoms with E-state index in [1.807, 2.05) is 13.8 Å². The molecule has 0 saturated carbocycles. The van der Waals surface area contributed by atoms with E-state index in [0.717, 1.165) is 16.8 Å². The second-order valence-electron chi connectivity index (χ2n) is 2.60. The van der Waals surface area contributed by atoms with Gasteiger partial charge in [0.05, 0.1) is 0 Å². The molecular formula is C8H12N2O. The van der Waals surface area contributed by atoms with Gasteiger partial charge in [0.1, 0.15) is 5.75 Å². The van der Waals surface area contributed by atoms with Gasteiger partial charge < -0.3 is 10.5 Å². The summed E-state index contributed by atoms with van der Waals surface area (Å²) in [6, 6.07) is 3.59. The van der Waals surface area contributed by atoms with Gasteiger partial charge in [-0.15, -0.1) is 0 Å². The molecule has 0 radical (unpaired) electrons. The lowest BCUT2D eigenvalue weighted by Crippen LogP contribution is -2.06. The van der Waals surface area contributed by atoms with Crippen LogP contribution in [0.1, 0.15) is 11.1 Å². The zero-order chi connectivity index (χ0) is 8.43. The van der Waals surface area contributed by atoms with Crippen molar-refractivity contribution >= 4 is 5.69 Å². The summed E-state index contributed by atoms with van der Waals surface area (Å²) in [5.41, 5.74) is 5.01. The van der Waals surface area contributed by atoms with E-state index in [1.165, 1.54) is 0 Å². The third kappa shape index (κ3) is 1.43. The van der Waals surface area contributed by atoms with Crippen LogP contribution in [0.3, 0.4) is 0 Å². The fourth-order valence-electron chi connectivity index (χ4n) is 1.04. The van der Waals surface area contributed by atoms with Crippen LogP contribution in [0.5, 0.6) is 5.75 Å². The molecule has 3 heteroatoms. The van der Waals surface area contributed by atoms with Gasteiger partial charge in [-0.1, -0.05) is 0 Å². The Bertz CT molecular complexity index is 248. The second-order valence-corrected chi connectivity index (χ2v) is 2.60. The van der Waals surface area contributed by atoms with Crippen molar-refractivity contribution in [2.45, 2.75) is 13.8 Å². The molecule has 0 fully saturated rings. The Kier molecular flexibility index (Phi) is 2.01. The maximum atomic E-state index is 9.36. The van der Waals surface area contributed by atoms with Crippen LogP contribution >= 0.6 is 0 Å². The number of nitrogen functional groups attached to an aromatic ring is 1. The summed E-state index contributed by atoms with van der Waals surface area (Å²) in [7, 11) is 0. The van der Waals surface area contributed by atoms with Gasteiger partial charge in [0.15, 0.2) is 0 Å². The summed E-state index contributed by atoms with van der Waals surface area (Å²) in [6.07, 6.45) is 0. The first-order valence-corrected chi connectivity index (χ1v) is 3.42. The molecule has 11 heavy (non-hydrogen) atoms. The topological polar surface area (TPSA) is 58.3 Å². The highest BCUT2D eigenvalue weighted by atomic mass is 16.3. The number of nitrogens with one attached hydrogen (secondary N) is 1. The molecule has 0 spiro atoms. The molecular weight excluding hydrogens is 140 g/mol. The third-order valence-electron chi connectivity index (χ3n) is 1.66. The van der Waals surface area contributed by atoms with Gasteiger partial charge in [0, 0.05) is 5.69 Å². The van der Waals surface area contributed by atoms with Crippen molar-refractivity contribution in [2.75, 3.05) is 5.43 Å². The molecule has 0 aliphatic carbocycles. The Morgan fingerprint density at radius 2 is 1.73 bits per heavy atom. The highest BCUT2D eigenvalue weighted by molar-refractivity contribution is 5.53. The zero-order valence-electron chi connectivity index (χ0n) is 6.68. The SMILES string of the molecule is Cc1cc(NN)cc(C)c1O. The number of phenols is 1. The minimum absolute atomic E-state index is 0.337. The normalized spacial score (nSPS) is 9.73. The van der Waals surface area contributed by atoms with E-state index in [9.17, 15) is 5.11 Å². The first-order chi connectivity index (χ1) is 5.15. The average molecular weight is 152 g/mol. The van der Waals surface area contributed by atoms with Crippen LogP contribution < -0.4 is 11.3 Å². The van der Waals surface area contributed by atoms with E-state index in [1.54, 1.807) is 12.1 Å². The van der Waals surface area contributed by atoms with E-state index in [2.05, 4.69) is 5.43 Å². The first-order valence-electron chi connectivity index (χ1n) is 3.42. The Balaban J connectivity index is 3.21. The molecule has 0 aliphatic rings. The maximum Gasteiger partial charge on any atom is 0.121 e. The van der Waals surface area contributed by atoms with Gasteiger partial charge in [0.25, 0.3) is 0 Å². The summed E-state index contributed by atoms with van der Waals surface area (Å²) in [4.78, 5) is 0. The van der Waals surface area contributed by atoms with E-state index in [4.69, 9.17) is 5.84 Å². The Morgan fingerprint density at radius 1 is 1.27 bits per heavy atom. The molecule has 0 heterocycles. The summed E-state index contributed by atoms with van der Waals surface area (Å²) in [5.74, 6) is 5.54. The van der Waals surface area contributed by atoms with E-state index >= 15 is 0 Å². The number of rotatable bonds is 1. The van der Waals surface area contributed by atoms with Gasteiger partial charge in [0.2, 0.25) is 0 Å². The van der Waals surface area contributed by atoms with Crippen molar-refractivity contribution in [3.8, 4) is 5.75 Å². The van der Waals surface area contributed by atoms with Crippen molar-refractivity contribution in [1.29, 1.82) is 0 Å². The number of aromatic hydroxyl groups is 1. The first kappa shape index (κ1) is 7.88. The van der Waals surface area contributed by atoms with Crippen molar-refractivity contribution in [1.82, 2.24) is 0 Å². The number of anilines is 1. The highest BCUT2D eigenvalue weighted by Gasteiger charge is 2.00. The molecule has 60 valence electrons.